The second-order valence-electron chi connectivity index (χ2n) is 3.56. The van der Waals surface area contributed by atoms with E-state index in [-0.39, 0.29) is 6.42 Å². The van der Waals surface area contributed by atoms with E-state index in [9.17, 15) is 4.79 Å². The van der Waals surface area contributed by atoms with Crippen LogP contribution in [0.25, 0.3) is 10.4 Å². The van der Waals surface area contributed by atoms with Gasteiger partial charge in [0.05, 0.1) is 12.0 Å². The molecule has 6 nitrogen and oxygen atoms in total. The summed E-state index contributed by atoms with van der Waals surface area (Å²) in [5, 5.41) is 12.7. The molecule has 0 fully saturated rings. The third-order valence-corrected chi connectivity index (χ3v) is 3.13. The predicted octanol–water partition coefficient (Wildman–Crippen LogP) is 0.976. The molecular weight excluding hydrogens is 254 g/mol. The summed E-state index contributed by atoms with van der Waals surface area (Å²) >= 11 is 1.33. The summed E-state index contributed by atoms with van der Waals surface area (Å²) in [4.78, 5) is 11.4. The number of aromatic nitrogens is 3. The molecule has 1 N–H and O–H groups in total. The maximum Gasteiger partial charge on any atom is 0.309 e. The van der Waals surface area contributed by atoms with E-state index in [4.69, 9.17) is 9.84 Å². The van der Waals surface area contributed by atoms with Crippen LogP contribution in [0, 0.1) is 0 Å². The van der Waals surface area contributed by atoms with Crippen LogP contribution in [0.15, 0.2) is 24.5 Å². The molecule has 0 radical (unpaired) electrons. The summed E-state index contributed by atoms with van der Waals surface area (Å²) in [7, 11) is 1.57. The number of hydrogen-bond donors (Lipinski definition) is 1. The van der Waals surface area contributed by atoms with E-state index in [1.54, 1.807) is 24.2 Å². The number of rotatable bonds is 5. The molecule has 0 aliphatic carbocycles. The van der Waals surface area contributed by atoms with Gasteiger partial charge in [-0.25, -0.2) is 0 Å². The second kappa shape index (κ2) is 5.54. The molecule has 2 aromatic rings. The minimum atomic E-state index is -0.833. The SMILES string of the molecule is COc1cc(-c2cc[n+](CCC(=O)O)nc2)sn1. The highest BCUT2D eigenvalue weighted by atomic mass is 32.1. The van der Waals surface area contributed by atoms with Gasteiger partial charge in [-0.2, -0.15) is 4.37 Å². The van der Waals surface area contributed by atoms with Crippen molar-refractivity contribution in [1.29, 1.82) is 0 Å². The Balaban J connectivity index is 2.09. The molecule has 0 spiro atoms. The van der Waals surface area contributed by atoms with Crippen molar-refractivity contribution in [3.8, 4) is 16.3 Å². The third-order valence-electron chi connectivity index (χ3n) is 2.31. The van der Waals surface area contributed by atoms with Crippen LogP contribution in [0.5, 0.6) is 5.88 Å². The second-order valence-corrected chi connectivity index (χ2v) is 4.36. The molecular formula is C11H12N3O3S+. The Morgan fingerprint density at radius 3 is 3.00 bits per heavy atom. The predicted molar refractivity (Wildman–Crippen MR) is 64.3 cm³/mol. The van der Waals surface area contributed by atoms with E-state index in [2.05, 4.69) is 9.47 Å². The molecule has 0 saturated carbocycles. The smallest absolute Gasteiger partial charge is 0.309 e. The van der Waals surface area contributed by atoms with E-state index in [1.165, 1.54) is 11.5 Å². The van der Waals surface area contributed by atoms with Crippen molar-refractivity contribution in [3.63, 3.8) is 0 Å². The van der Waals surface area contributed by atoms with Crippen molar-refractivity contribution in [3.05, 3.63) is 24.5 Å². The quantitative estimate of drug-likeness (QED) is 0.816. The molecule has 0 aliphatic rings. The van der Waals surface area contributed by atoms with Gasteiger partial charge >= 0.3 is 5.97 Å². The van der Waals surface area contributed by atoms with Crippen LogP contribution in [0.1, 0.15) is 6.42 Å². The Labute approximate surface area is 108 Å². The highest BCUT2D eigenvalue weighted by Gasteiger charge is 2.09. The molecule has 2 rings (SSSR count). The molecule has 2 heterocycles. The van der Waals surface area contributed by atoms with Crippen molar-refractivity contribution in [2.24, 2.45) is 0 Å². The van der Waals surface area contributed by atoms with Gasteiger partial charge < -0.3 is 9.84 Å². The van der Waals surface area contributed by atoms with Gasteiger partial charge in [0.15, 0.2) is 12.7 Å². The van der Waals surface area contributed by atoms with Gasteiger partial charge in [0.1, 0.15) is 12.6 Å². The van der Waals surface area contributed by atoms with Gasteiger partial charge in [-0.15, -0.1) is 0 Å². The first-order valence-electron chi connectivity index (χ1n) is 5.27. The Hall–Kier alpha value is -2.02. The minimum absolute atomic E-state index is 0.0609. The van der Waals surface area contributed by atoms with E-state index < -0.39 is 5.97 Å². The lowest BCUT2D eigenvalue weighted by Gasteiger charge is -1.94. The molecule has 0 aliphatic heterocycles. The maximum atomic E-state index is 10.4. The zero-order valence-corrected chi connectivity index (χ0v) is 10.6. The van der Waals surface area contributed by atoms with Crippen LogP contribution in [-0.4, -0.2) is 27.7 Å². The standard InChI is InChI=1S/C11H11N3O3S/c1-17-10-6-9(18-13-10)8-2-4-14(12-7-8)5-3-11(15)16/h2,4,6-7H,3,5H2,1H3/p+1. The average Bonchev–Trinajstić information content (AvgIpc) is 2.85. The number of methoxy groups -OCH3 is 1. The fourth-order valence-electron chi connectivity index (χ4n) is 1.36. The number of aryl methyl sites for hydroxylation is 1. The summed E-state index contributed by atoms with van der Waals surface area (Å²) in [6, 6.07) is 3.71. The molecule has 0 amide bonds. The minimum Gasteiger partial charge on any atom is -0.481 e. The van der Waals surface area contributed by atoms with Crippen LogP contribution in [0.3, 0.4) is 0 Å². The molecule has 18 heavy (non-hydrogen) atoms. The van der Waals surface area contributed by atoms with Crippen LogP contribution < -0.4 is 9.42 Å². The Morgan fingerprint density at radius 1 is 1.61 bits per heavy atom. The molecule has 0 unspecified atom stereocenters. The van der Waals surface area contributed by atoms with Crippen molar-refractivity contribution >= 4 is 17.5 Å². The summed E-state index contributed by atoms with van der Waals surface area (Å²) < 4.78 is 10.7. The fraction of sp³-hybridized carbons (Fsp3) is 0.273. The lowest BCUT2D eigenvalue weighted by atomic mass is 10.2. The van der Waals surface area contributed by atoms with Crippen LogP contribution in [0.2, 0.25) is 0 Å². The normalized spacial score (nSPS) is 10.3. The van der Waals surface area contributed by atoms with E-state index in [0.29, 0.717) is 12.4 Å². The van der Waals surface area contributed by atoms with Gasteiger partial charge in [-0.1, -0.05) is 4.68 Å². The summed E-state index contributed by atoms with van der Waals surface area (Å²) in [6.07, 6.45) is 3.50. The molecule has 0 saturated heterocycles. The van der Waals surface area contributed by atoms with Gasteiger partial charge in [-0.3, -0.25) is 4.79 Å². The van der Waals surface area contributed by atoms with Crippen molar-refractivity contribution in [2.45, 2.75) is 13.0 Å². The summed E-state index contributed by atoms with van der Waals surface area (Å²) in [6.45, 7) is 0.363. The Morgan fingerprint density at radius 2 is 2.44 bits per heavy atom. The first-order chi connectivity index (χ1) is 8.69. The molecule has 2 aromatic heterocycles. The van der Waals surface area contributed by atoms with Crippen molar-refractivity contribution in [1.82, 2.24) is 9.47 Å². The first kappa shape index (κ1) is 12.4. The molecule has 0 aromatic carbocycles. The number of carboxylic acid groups (broad SMARTS) is 1. The van der Waals surface area contributed by atoms with Gasteiger partial charge in [-0.05, 0) is 16.6 Å². The summed E-state index contributed by atoms with van der Waals surface area (Å²) in [5.41, 5.74) is 0.933. The third kappa shape index (κ3) is 3.01. The van der Waals surface area contributed by atoms with Crippen LogP contribution in [-0.2, 0) is 11.3 Å². The maximum absolute atomic E-state index is 10.4. The Kier molecular flexibility index (Phi) is 3.83. The zero-order chi connectivity index (χ0) is 13.0. The molecule has 94 valence electrons. The molecule has 0 bridgehead atoms. The number of aliphatic carboxylic acids is 1. The molecule has 7 heteroatoms. The van der Waals surface area contributed by atoms with Gasteiger partial charge in [0.25, 0.3) is 0 Å². The number of nitrogens with zero attached hydrogens (tertiary/aromatic N) is 3. The van der Waals surface area contributed by atoms with Gasteiger partial charge in [0, 0.05) is 17.7 Å². The van der Waals surface area contributed by atoms with Crippen molar-refractivity contribution < 1.29 is 19.3 Å². The van der Waals surface area contributed by atoms with Crippen LogP contribution in [0.4, 0.5) is 0 Å². The number of carbonyl (C=O) groups is 1. The zero-order valence-electron chi connectivity index (χ0n) is 9.74. The van der Waals surface area contributed by atoms with Crippen LogP contribution >= 0.6 is 11.5 Å². The number of carboxylic acids is 1. The fourth-order valence-corrected chi connectivity index (χ4v) is 2.06. The lowest BCUT2D eigenvalue weighted by molar-refractivity contribution is -0.752. The highest BCUT2D eigenvalue weighted by Crippen LogP contribution is 2.26. The van der Waals surface area contributed by atoms with Crippen molar-refractivity contribution in [2.75, 3.05) is 7.11 Å². The number of hydrogen-bond acceptors (Lipinski definition) is 5. The van der Waals surface area contributed by atoms with Gasteiger partial charge in [0.2, 0.25) is 5.88 Å². The molecule has 0 atom stereocenters. The average molecular weight is 266 g/mol. The topological polar surface area (TPSA) is 76.2 Å². The van der Waals surface area contributed by atoms with E-state index >= 15 is 0 Å². The number of ether oxygens (including phenoxy) is 1. The monoisotopic (exact) mass is 266 g/mol. The lowest BCUT2D eigenvalue weighted by Crippen LogP contribution is -2.38. The Bertz CT molecular complexity index is 539. The first-order valence-corrected chi connectivity index (χ1v) is 6.05. The van der Waals surface area contributed by atoms with E-state index in [1.807, 2.05) is 12.1 Å². The highest BCUT2D eigenvalue weighted by molar-refractivity contribution is 7.09. The largest absolute Gasteiger partial charge is 0.481 e. The summed E-state index contributed by atoms with van der Waals surface area (Å²) in [5.74, 6) is -0.252. The van der Waals surface area contributed by atoms with E-state index in [0.717, 1.165) is 10.4 Å².